The Labute approximate surface area is 159 Å². The first-order chi connectivity index (χ1) is 12.8. The van der Waals surface area contributed by atoms with E-state index in [0.29, 0.717) is 6.29 Å². The smallest absolute Gasteiger partial charge is 0.212 e. The predicted molar refractivity (Wildman–Crippen MR) is 105 cm³/mol. The number of nitrogens with one attached hydrogen (secondary N) is 1. The van der Waals surface area contributed by atoms with Gasteiger partial charge in [-0.15, -0.1) is 0 Å². The minimum Gasteiger partial charge on any atom is -0.382 e. The SMILES string of the molecule is C=C/C=C(\N=C/CC=O)Nc1nc(N)c(C(=O)C(/C(F)=C\C=C)=C(/C)F)s1. The summed E-state index contributed by atoms with van der Waals surface area (Å²) in [5.74, 6) is -2.90. The number of Topliss-reactive ketones (excluding diaryl/α,β-unsaturated/α-hetero) is 1. The summed E-state index contributed by atoms with van der Waals surface area (Å²) in [5, 5.41) is 2.97. The van der Waals surface area contributed by atoms with E-state index in [1.807, 2.05) is 0 Å². The molecule has 0 bridgehead atoms. The minimum absolute atomic E-state index is 0.110. The lowest BCUT2D eigenvalue weighted by atomic mass is 10.1. The van der Waals surface area contributed by atoms with Crippen molar-refractivity contribution < 1.29 is 18.4 Å². The van der Waals surface area contributed by atoms with Gasteiger partial charge in [0, 0.05) is 12.6 Å². The molecule has 1 heterocycles. The van der Waals surface area contributed by atoms with Crippen LogP contribution in [0, 0.1) is 0 Å². The molecule has 0 fully saturated rings. The number of hydrogen-bond acceptors (Lipinski definition) is 7. The number of ketones is 1. The molecule has 3 N–H and O–H groups in total. The fourth-order valence-electron chi connectivity index (χ4n) is 1.81. The van der Waals surface area contributed by atoms with Crippen LogP contribution in [0.25, 0.3) is 0 Å². The van der Waals surface area contributed by atoms with Crippen LogP contribution in [0.3, 0.4) is 0 Å². The molecule has 0 aliphatic rings. The van der Waals surface area contributed by atoms with Crippen LogP contribution in [-0.4, -0.2) is 23.3 Å². The molecule has 0 saturated carbocycles. The molecule has 0 unspecified atom stereocenters. The summed E-state index contributed by atoms with van der Waals surface area (Å²) in [6, 6.07) is 0. The first kappa shape index (κ1) is 21.8. The van der Waals surface area contributed by atoms with Crippen LogP contribution in [0.2, 0.25) is 0 Å². The standard InChI is InChI=1S/C18H18F2N4O2S/c1-4-7-12(20)14(11(3)19)15(26)16-17(21)24-18(27-16)23-13(8-5-2)22-9-6-10-25/h4-5,7-10H,1-2,6,21H2,3H3,(H,23,24)/b12-7+,13-8+,14-11-,22-9-. The molecule has 142 valence electrons. The minimum atomic E-state index is -1.07. The molecule has 0 amide bonds. The second-order valence-corrected chi connectivity index (χ2v) is 5.85. The van der Waals surface area contributed by atoms with Crippen LogP contribution in [-0.2, 0) is 4.79 Å². The zero-order valence-electron chi connectivity index (χ0n) is 14.5. The molecule has 0 aliphatic heterocycles. The van der Waals surface area contributed by atoms with Crippen molar-refractivity contribution in [3.05, 3.63) is 65.4 Å². The Balaban J connectivity index is 3.20. The molecule has 1 aromatic heterocycles. The van der Waals surface area contributed by atoms with E-state index in [4.69, 9.17) is 5.73 Å². The normalized spacial score (nSPS) is 13.3. The Morgan fingerprint density at radius 3 is 2.56 bits per heavy atom. The van der Waals surface area contributed by atoms with Gasteiger partial charge in [0.05, 0.1) is 5.57 Å². The highest BCUT2D eigenvalue weighted by Gasteiger charge is 2.25. The fourth-order valence-corrected chi connectivity index (χ4v) is 2.65. The van der Waals surface area contributed by atoms with Gasteiger partial charge in [-0.25, -0.2) is 18.8 Å². The topological polar surface area (TPSA) is 97.4 Å². The van der Waals surface area contributed by atoms with Crippen molar-refractivity contribution in [2.45, 2.75) is 13.3 Å². The summed E-state index contributed by atoms with van der Waals surface area (Å²) in [7, 11) is 0. The van der Waals surface area contributed by atoms with Gasteiger partial charge in [-0.05, 0) is 19.1 Å². The number of aromatic nitrogens is 1. The van der Waals surface area contributed by atoms with Crippen molar-refractivity contribution in [3.8, 4) is 0 Å². The molecule has 0 atom stereocenters. The molecule has 27 heavy (non-hydrogen) atoms. The van der Waals surface area contributed by atoms with E-state index in [9.17, 15) is 18.4 Å². The number of carbonyl (C=O) groups is 2. The van der Waals surface area contributed by atoms with Crippen molar-refractivity contribution in [1.29, 1.82) is 0 Å². The number of aliphatic imine (C=N–C) groups is 1. The summed E-state index contributed by atoms with van der Waals surface area (Å²) >= 11 is 0.806. The van der Waals surface area contributed by atoms with Gasteiger partial charge in [-0.1, -0.05) is 36.6 Å². The Kier molecular flexibility index (Phi) is 8.67. The van der Waals surface area contributed by atoms with E-state index in [1.165, 1.54) is 18.4 Å². The van der Waals surface area contributed by atoms with Gasteiger partial charge in [0.15, 0.2) is 5.13 Å². The van der Waals surface area contributed by atoms with E-state index in [1.54, 1.807) is 0 Å². The van der Waals surface area contributed by atoms with Crippen LogP contribution in [0.5, 0.6) is 0 Å². The zero-order chi connectivity index (χ0) is 20.4. The number of carbonyl (C=O) groups excluding carboxylic acids is 2. The number of nitrogens with zero attached hydrogens (tertiary/aromatic N) is 2. The lowest BCUT2D eigenvalue weighted by Crippen LogP contribution is -2.06. The van der Waals surface area contributed by atoms with Crippen LogP contribution in [0.1, 0.15) is 23.0 Å². The molecule has 9 heteroatoms. The first-order valence-corrected chi connectivity index (χ1v) is 8.39. The zero-order valence-corrected chi connectivity index (χ0v) is 15.4. The Morgan fingerprint density at radius 1 is 1.33 bits per heavy atom. The van der Waals surface area contributed by atoms with Gasteiger partial charge in [-0.3, -0.25) is 4.79 Å². The van der Waals surface area contributed by atoms with Crippen molar-refractivity contribution in [1.82, 2.24) is 4.98 Å². The van der Waals surface area contributed by atoms with Gasteiger partial charge in [0.1, 0.15) is 34.5 Å². The van der Waals surface area contributed by atoms with Crippen LogP contribution in [0.15, 0.2) is 65.5 Å². The predicted octanol–water partition coefficient (Wildman–Crippen LogP) is 4.29. The molecule has 1 rings (SSSR count). The first-order valence-electron chi connectivity index (χ1n) is 7.57. The van der Waals surface area contributed by atoms with Crippen molar-refractivity contribution in [2.75, 3.05) is 11.1 Å². The molecule has 0 radical (unpaired) electrons. The van der Waals surface area contributed by atoms with E-state index >= 15 is 0 Å². The van der Waals surface area contributed by atoms with Crippen LogP contribution < -0.4 is 11.1 Å². The number of allylic oxidation sites excluding steroid dienone is 7. The molecule has 0 spiro atoms. The third-order valence-corrected chi connectivity index (χ3v) is 3.86. The lowest BCUT2D eigenvalue weighted by molar-refractivity contribution is -0.106. The van der Waals surface area contributed by atoms with Crippen molar-refractivity contribution in [2.24, 2.45) is 4.99 Å². The third kappa shape index (κ3) is 6.23. The second-order valence-electron chi connectivity index (χ2n) is 4.85. The fraction of sp³-hybridized carbons (Fsp3) is 0.111. The van der Waals surface area contributed by atoms with Crippen molar-refractivity contribution >= 4 is 40.6 Å². The van der Waals surface area contributed by atoms with Gasteiger partial charge in [0.25, 0.3) is 0 Å². The molecular weight excluding hydrogens is 374 g/mol. The number of nitrogens with two attached hydrogens (primary N) is 1. The summed E-state index contributed by atoms with van der Waals surface area (Å²) in [4.78, 5) is 30.7. The van der Waals surface area contributed by atoms with Gasteiger partial charge < -0.3 is 15.8 Å². The lowest BCUT2D eigenvalue weighted by Gasteiger charge is -2.03. The number of nitrogen functional groups attached to an aromatic ring is 1. The number of aldehydes is 1. The van der Waals surface area contributed by atoms with Gasteiger partial charge in [0.2, 0.25) is 5.78 Å². The van der Waals surface area contributed by atoms with E-state index in [0.717, 1.165) is 30.4 Å². The highest BCUT2D eigenvalue weighted by Crippen LogP contribution is 2.31. The second kappa shape index (κ2) is 10.7. The number of anilines is 2. The van der Waals surface area contributed by atoms with Crippen LogP contribution in [0.4, 0.5) is 19.7 Å². The van der Waals surface area contributed by atoms with Gasteiger partial charge >= 0.3 is 0 Å². The van der Waals surface area contributed by atoms with Gasteiger partial charge in [-0.2, -0.15) is 0 Å². The summed E-state index contributed by atoms with van der Waals surface area (Å²) in [5.41, 5.74) is 4.99. The maximum atomic E-state index is 14.0. The van der Waals surface area contributed by atoms with E-state index in [-0.39, 0.29) is 28.1 Å². The summed E-state index contributed by atoms with van der Waals surface area (Å²) < 4.78 is 27.7. The molecular formula is C18H18F2N4O2S. The quantitative estimate of drug-likeness (QED) is 0.204. The summed E-state index contributed by atoms with van der Waals surface area (Å²) in [6.45, 7) is 7.82. The number of rotatable bonds is 10. The monoisotopic (exact) mass is 392 g/mol. The largest absolute Gasteiger partial charge is 0.382 e. The highest BCUT2D eigenvalue weighted by atomic mass is 32.1. The Morgan fingerprint density at radius 2 is 2.00 bits per heavy atom. The molecule has 6 nitrogen and oxygen atoms in total. The number of halogens is 2. The molecule has 0 aliphatic carbocycles. The van der Waals surface area contributed by atoms with E-state index < -0.39 is 23.0 Å². The maximum absolute atomic E-state index is 14.0. The molecule has 0 saturated heterocycles. The maximum Gasteiger partial charge on any atom is 0.212 e. The summed E-state index contributed by atoms with van der Waals surface area (Å²) in [6.07, 6.45) is 7.07. The highest BCUT2D eigenvalue weighted by molar-refractivity contribution is 7.18. The average molecular weight is 392 g/mol. The molecule has 0 aromatic carbocycles. The van der Waals surface area contributed by atoms with Crippen LogP contribution >= 0.6 is 11.3 Å². The Hall–Kier alpha value is -3.20. The van der Waals surface area contributed by atoms with Crippen molar-refractivity contribution in [3.63, 3.8) is 0 Å². The Bertz CT molecular complexity index is 863. The molecule has 1 aromatic rings. The van der Waals surface area contributed by atoms with E-state index in [2.05, 4.69) is 28.5 Å². The third-order valence-electron chi connectivity index (χ3n) is 2.88. The average Bonchev–Trinajstić information content (AvgIpc) is 2.95. The number of thiazole rings is 1. The number of hydrogen-bond donors (Lipinski definition) is 2.